The van der Waals surface area contributed by atoms with Gasteiger partial charge in [-0.1, -0.05) is 0 Å². The molecule has 0 N–H and O–H groups in total. The first-order valence-corrected chi connectivity index (χ1v) is 13.6. The van der Waals surface area contributed by atoms with Gasteiger partial charge in [-0.25, -0.2) is 0 Å². The van der Waals surface area contributed by atoms with Gasteiger partial charge in [0, 0.05) is 0 Å². The van der Waals surface area contributed by atoms with Crippen LogP contribution in [-0.2, 0) is 16.0 Å². The fraction of sp³-hybridized carbons (Fsp3) is 0.929. The van der Waals surface area contributed by atoms with E-state index in [-0.39, 0.29) is 10.5 Å². The number of hydrogen-bond acceptors (Lipinski definition) is 3. The van der Waals surface area contributed by atoms with Gasteiger partial charge in [0.25, 0.3) is 0 Å². The molecule has 10 rings (SSSR count). The predicted octanol–water partition coefficient (Wildman–Crippen LogP) is 2.32. The Hall–Kier alpha value is -0.0505. The van der Waals surface area contributed by atoms with Gasteiger partial charge in [-0.15, -0.1) is 0 Å². The summed E-state index contributed by atoms with van der Waals surface area (Å²) in [7, 11) is 4.62. The second-order valence-electron chi connectivity index (χ2n) is 11.1. The number of carbonyl (C=O) groups is 1. The van der Waals surface area contributed by atoms with E-state index in [4.69, 9.17) is 4.74 Å². The van der Waals surface area contributed by atoms with Crippen LogP contribution in [0, 0.1) is 0 Å². The van der Waals surface area contributed by atoms with Crippen molar-refractivity contribution in [3.63, 3.8) is 0 Å². The number of esters is 1. The van der Waals surface area contributed by atoms with E-state index >= 15 is 0 Å². The van der Waals surface area contributed by atoms with Crippen LogP contribution in [0.4, 0.5) is 0 Å². The molecule has 10 aliphatic heterocycles. The van der Waals surface area contributed by atoms with E-state index < -0.39 is 6.51 Å². The summed E-state index contributed by atoms with van der Waals surface area (Å²) in [5, 5.41) is 0. The van der Waals surface area contributed by atoms with Gasteiger partial charge in [-0.2, -0.15) is 0 Å². The molecule has 0 bridgehead atoms. The van der Waals surface area contributed by atoms with E-state index in [1.54, 1.807) is 6.92 Å². The van der Waals surface area contributed by atoms with Gasteiger partial charge >= 0.3 is 95.4 Å². The zero-order chi connectivity index (χ0) is 11.8. The van der Waals surface area contributed by atoms with Crippen LogP contribution in [0.1, 0.15) is 6.92 Å². The summed E-state index contributed by atoms with van der Waals surface area (Å²) in [4.78, 5) is 23.7. The van der Waals surface area contributed by atoms with Gasteiger partial charge in [0.1, 0.15) is 0 Å². The molecule has 3 nitrogen and oxygen atoms in total. The molecule has 0 aromatic heterocycles. The molecule has 1 spiro atoms. The topological polar surface area (TPSA) is 29.5 Å². The van der Waals surface area contributed by atoms with Crippen molar-refractivity contribution in [3.8, 4) is 0 Å². The third kappa shape index (κ3) is 0.0630. The summed E-state index contributed by atoms with van der Waals surface area (Å²) in [6.45, 7) is -1.76. The van der Waals surface area contributed by atoms with Gasteiger partial charge in [0.2, 0.25) is 0 Å². The van der Waals surface area contributed by atoms with E-state index in [0.29, 0.717) is 4.44 Å². The number of carbonyl (C=O) groups excluding carboxylic acids is 1. The Morgan fingerprint density at radius 3 is 1.89 bits per heavy atom. The van der Waals surface area contributed by atoms with Crippen LogP contribution in [0.15, 0.2) is 0 Å². The average Bonchev–Trinajstić information content (AvgIpc) is 3.22. The molecular formula is C14H17FeNO2. The normalized spacial score (nSPS) is 117. The van der Waals surface area contributed by atoms with Crippen LogP contribution in [0.3, 0.4) is 0 Å². The van der Waals surface area contributed by atoms with Crippen LogP contribution < -0.4 is 0 Å². The molecule has 0 aromatic carbocycles. The summed E-state index contributed by atoms with van der Waals surface area (Å²) in [5.74, 6) is 0.0317. The van der Waals surface area contributed by atoms with E-state index in [1.807, 2.05) is 0 Å². The van der Waals surface area contributed by atoms with Crippen molar-refractivity contribution in [2.45, 2.75) is 54.4 Å². The molecule has 5 atom stereocenters. The van der Waals surface area contributed by atoms with Crippen LogP contribution in [-0.4, -0.2) is 33.9 Å². The Bertz CT molecular complexity index is 1030. The molecule has 0 radical (unpaired) electrons. The van der Waals surface area contributed by atoms with Crippen LogP contribution in [0.2, 0.25) is 38.5 Å². The summed E-state index contributed by atoms with van der Waals surface area (Å²) in [6, 6.07) is 0. The molecule has 10 saturated heterocycles. The second kappa shape index (κ2) is 0.557. The number of likely N-dealkylation sites (N-methyl/N-ethyl adjacent to an activating group) is 1. The second-order valence-corrected chi connectivity index (χ2v) is 34.3. The molecule has 10 fully saturated rings. The molecule has 10 aliphatic rings. The Morgan fingerprint density at radius 2 is 1.61 bits per heavy atom. The van der Waals surface area contributed by atoms with E-state index in [0.717, 1.165) is 9.63 Å². The van der Waals surface area contributed by atoms with Gasteiger partial charge < -0.3 is 0 Å². The SMILES string of the molecule is CC(=O)O[C]12[CH]3[CH]4[CH]5[C]1(N(C)C)[Fe]43521678[CH]2[CH]1[CH]6[CH]7[CH]28. The minimum atomic E-state index is -3.42. The molecule has 10 heterocycles. The van der Waals surface area contributed by atoms with Crippen molar-refractivity contribution in [1.29, 1.82) is 0 Å². The molecule has 98 valence electrons. The first-order chi connectivity index (χ1) is 8.30. The Kier molecular flexibility index (Phi) is 0.220. The maximum atomic E-state index is 11.8. The third-order valence-electron chi connectivity index (χ3n) is 15.6. The number of ether oxygens (including phenoxy) is 1. The Balaban J connectivity index is 1.63. The number of nitrogens with zero attached hydrogens (tertiary/aromatic N) is 1. The molecule has 0 saturated carbocycles. The molecule has 0 amide bonds. The third-order valence-corrected chi connectivity index (χ3v) is 57.9. The first kappa shape index (κ1) is 7.10. The minimum absolute atomic E-state index is 0.0317. The number of hydrogen-bond donors (Lipinski definition) is 0. The summed E-state index contributed by atoms with van der Waals surface area (Å²) in [5.41, 5.74) is 0. The molecule has 0 aliphatic carbocycles. The zero-order valence-corrected chi connectivity index (χ0v) is 11.8. The van der Waals surface area contributed by atoms with Gasteiger partial charge in [0.05, 0.1) is 0 Å². The zero-order valence-electron chi connectivity index (χ0n) is 10.7. The summed E-state index contributed by atoms with van der Waals surface area (Å²) < 4.78 is 7.03. The van der Waals surface area contributed by atoms with E-state index in [9.17, 15) is 4.79 Å². The molecule has 18 heavy (non-hydrogen) atoms. The van der Waals surface area contributed by atoms with Crippen molar-refractivity contribution >= 4 is 5.97 Å². The van der Waals surface area contributed by atoms with Crippen molar-refractivity contribution < 1.29 is 16.0 Å². The summed E-state index contributed by atoms with van der Waals surface area (Å²) in [6.07, 6.45) is 0. The number of fused-ring (bicyclic) bond motifs is 10. The van der Waals surface area contributed by atoms with Crippen molar-refractivity contribution in [1.82, 2.24) is 4.90 Å². The van der Waals surface area contributed by atoms with E-state index in [2.05, 4.69) is 19.0 Å². The standard InChI is InChI=1S/C9H12NO2.C5H5.Fe/c1-7(11)12-9-6-4-5-8(9)10(2)3;1-2-4-5-3-1;/h4-6H,1-3H3;1-5H;. The molecule has 0 aromatic rings. The average molecular weight is 287 g/mol. The van der Waals surface area contributed by atoms with Crippen molar-refractivity contribution in [2.75, 3.05) is 14.1 Å². The van der Waals surface area contributed by atoms with Gasteiger partial charge in [0.15, 0.2) is 0 Å². The van der Waals surface area contributed by atoms with E-state index in [1.165, 1.54) is 28.9 Å². The first-order valence-electron chi connectivity index (χ1n) is 7.38. The van der Waals surface area contributed by atoms with Crippen LogP contribution >= 0.6 is 0 Å². The monoisotopic (exact) mass is 287 g/mol. The van der Waals surface area contributed by atoms with Gasteiger partial charge in [-0.3, -0.25) is 0 Å². The number of rotatable bonds is 2. The van der Waals surface area contributed by atoms with Gasteiger partial charge in [-0.05, 0) is 0 Å². The van der Waals surface area contributed by atoms with Crippen LogP contribution in [0.25, 0.3) is 0 Å². The van der Waals surface area contributed by atoms with Crippen molar-refractivity contribution in [2.24, 2.45) is 0 Å². The van der Waals surface area contributed by atoms with Crippen molar-refractivity contribution in [3.05, 3.63) is 0 Å². The molecular weight excluding hydrogens is 270 g/mol. The maximum absolute atomic E-state index is 11.8. The quantitative estimate of drug-likeness (QED) is 0.576. The van der Waals surface area contributed by atoms with Crippen LogP contribution in [0.5, 0.6) is 0 Å². The Morgan fingerprint density at radius 1 is 1.06 bits per heavy atom. The fourth-order valence-electron chi connectivity index (χ4n) is 18.0. The molecule has 4 heteroatoms. The predicted molar refractivity (Wildman–Crippen MR) is 60.9 cm³/mol. The summed E-state index contributed by atoms with van der Waals surface area (Å²) >= 11 is 0. The molecule has 5 unspecified atom stereocenters. The Labute approximate surface area is 95.5 Å². The fourth-order valence-corrected chi connectivity index (χ4v) is 92.9.